The van der Waals surface area contributed by atoms with E-state index in [0.29, 0.717) is 24.7 Å². The van der Waals surface area contributed by atoms with Crippen molar-refractivity contribution in [2.24, 2.45) is 0 Å². The summed E-state index contributed by atoms with van der Waals surface area (Å²) >= 11 is 0. The van der Waals surface area contributed by atoms with Gasteiger partial charge in [-0.15, -0.1) is 0 Å². The summed E-state index contributed by atoms with van der Waals surface area (Å²) in [4.78, 5) is 6.44. The second kappa shape index (κ2) is 4.56. The van der Waals surface area contributed by atoms with Gasteiger partial charge in [0.15, 0.2) is 5.58 Å². The van der Waals surface area contributed by atoms with Crippen molar-refractivity contribution >= 4 is 17.1 Å². The smallest absolute Gasteiger partial charge is 0.298 e. The van der Waals surface area contributed by atoms with Gasteiger partial charge < -0.3 is 14.4 Å². The predicted molar refractivity (Wildman–Crippen MR) is 75.7 cm³/mol. The summed E-state index contributed by atoms with van der Waals surface area (Å²) in [5.74, 6) is 0. The van der Waals surface area contributed by atoms with E-state index in [4.69, 9.17) is 4.42 Å². The molecular formula is C14H15N5O2. The highest BCUT2D eigenvalue weighted by Gasteiger charge is 2.38. The lowest BCUT2D eigenvalue weighted by atomic mass is 9.90. The van der Waals surface area contributed by atoms with Gasteiger partial charge in [0.2, 0.25) is 0 Å². The third-order valence-corrected chi connectivity index (χ3v) is 3.92. The molecule has 1 aliphatic rings. The van der Waals surface area contributed by atoms with E-state index < -0.39 is 5.60 Å². The Morgan fingerprint density at radius 2 is 2.24 bits per heavy atom. The Balaban J connectivity index is 1.66. The van der Waals surface area contributed by atoms with Crippen molar-refractivity contribution < 1.29 is 9.52 Å². The molecule has 4 rings (SSSR count). The first-order valence-electron chi connectivity index (χ1n) is 6.94. The summed E-state index contributed by atoms with van der Waals surface area (Å²) in [7, 11) is 0. The predicted octanol–water partition coefficient (Wildman–Crippen LogP) is 1.43. The van der Waals surface area contributed by atoms with E-state index in [-0.39, 0.29) is 0 Å². The molecule has 1 aromatic carbocycles. The molecule has 0 saturated carbocycles. The highest BCUT2D eigenvalue weighted by Crippen LogP contribution is 2.33. The average Bonchev–Trinajstić information content (AvgIpc) is 3.17. The summed E-state index contributed by atoms with van der Waals surface area (Å²) in [5, 5.41) is 21.2. The monoisotopic (exact) mass is 285 g/mol. The Morgan fingerprint density at radius 1 is 1.33 bits per heavy atom. The minimum absolute atomic E-state index is 0.395. The number of fused-ring (bicyclic) bond motifs is 1. The zero-order valence-electron chi connectivity index (χ0n) is 11.4. The molecule has 2 aromatic heterocycles. The van der Waals surface area contributed by atoms with Crippen LogP contribution in [0.1, 0.15) is 18.5 Å². The van der Waals surface area contributed by atoms with Gasteiger partial charge in [-0.2, -0.15) is 20.4 Å². The fourth-order valence-electron chi connectivity index (χ4n) is 2.83. The van der Waals surface area contributed by atoms with Crippen LogP contribution in [0.3, 0.4) is 0 Å². The van der Waals surface area contributed by atoms with E-state index in [2.05, 4.69) is 20.4 Å². The Labute approximate surface area is 120 Å². The third-order valence-electron chi connectivity index (χ3n) is 3.92. The molecule has 3 heterocycles. The summed E-state index contributed by atoms with van der Waals surface area (Å²) in [6.07, 6.45) is 3.05. The third kappa shape index (κ3) is 2.06. The lowest BCUT2D eigenvalue weighted by Gasteiger charge is -2.37. The molecule has 7 nitrogen and oxygen atoms in total. The molecule has 1 atom stereocenters. The maximum Gasteiger partial charge on any atom is 0.298 e. The number of para-hydroxylation sites is 2. The number of β-amino-alcohol motifs (C(OH)–C–C–N with tert-alkyl or cyclic N) is 1. The maximum absolute atomic E-state index is 10.8. The Hall–Kier alpha value is -2.41. The zero-order valence-corrected chi connectivity index (χ0v) is 11.4. The van der Waals surface area contributed by atoms with Crippen LogP contribution >= 0.6 is 0 Å². The first-order chi connectivity index (χ1) is 10.2. The molecule has 0 bridgehead atoms. The van der Waals surface area contributed by atoms with Gasteiger partial charge in [0.25, 0.3) is 6.01 Å². The van der Waals surface area contributed by atoms with Crippen LogP contribution in [-0.4, -0.2) is 38.6 Å². The fourth-order valence-corrected chi connectivity index (χ4v) is 2.83. The number of benzene rings is 1. The standard InChI is InChI=1S/C14H15N5O2/c20-14(12-8-15-18-17-12)6-3-7-19(9-14)13-16-10-4-1-2-5-11(10)21-13/h1-2,4-5,8,20H,3,6-7,9H2,(H,15,17,18). The molecular weight excluding hydrogens is 270 g/mol. The molecule has 0 amide bonds. The van der Waals surface area contributed by atoms with Crippen molar-refractivity contribution in [3.63, 3.8) is 0 Å². The van der Waals surface area contributed by atoms with Crippen LogP contribution in [0.2, 0.25) is 0 Å². The highest BCUT2D eigenvalue weighted by atomic mass is 16.4. The van der Waals surface area contributed by atoms with Crippen LogP contribution in [0.5, 0.6) is 0 Å². The van der Waals surface area contributed by atoms with Gasteiger partial charge in [-0.3, -0.25) is 0 Å². The minimum atomic E-state index is -1.02. The van der Waals surface area contributed by atoms with Crippen LogP contribution in [0.4, 0.5) is 6.01 Å². The van der Waals surface area contributed by atoms with Gasteiger partial charge in [-0.1, -0.05) is 12.1 Å². The number of piperidine rings is 1. The van der Waals surface area contributed by atoms with Gasteiger partial charge in [0.1, 0.15) is 16.8 Å². The van der Waals surface area contributed by atoms with Crippen molar-refractivity contribution in [1.29, 1.82) is 0 Å². The topological polar surface area (TPSA) is 91.1 Å². The van der Waals surface area contributed by atoms with Crippen LogP contribution < -0.4 is 4.90 Å². The molecule has 1 unspecified atom stereocenters. The van der Waals surface area contributed by atoms with Crippen molar-refractivity contribution in [1.82, 2.24) is 20.4 Å². The van der Waals surface area contributed by atoms with Gasteiger partial charge >= 0.3 is 0 Å². The average molecular weight is 285 g/mol. The molecule has 108 valence electrons. The zero-order chi connectivity index (χ0) is 14.3. The van der Waals surface area contributed by atoms with Crippen molar-refractivity contribution in [2.75, 3.05) is 18.0 Å². The van der Waals surface area contributed by atoms with Gasteiger partial charge in [-0.05, 0) is 25.0 Å². The first-order valence-corrected chi connectivity index (χ1v) is 6.94. The molecule has 21 heavy (non-hydrogen) atoms. The second-order valence-corrected chi connectivity index (χ2v) is 5.38. The molecule has 2 N–H and O–H groups in total. The van der Waals surface area contributed by atoms with E-state index in [1.165, 1.54) is 0 Å². The van der Waals surface area contributed by atoms with Gasteiger partial charge in [0, 0.05) is 6.54 Å². The molecule has 1 aliphatic heterocycles. The number of aromatic amines is 1. The maximum atomic E-state index is 10.8. The quantitative estimate of drug-likeness (QED) is 0.740. The number of hydrogen-bond acceptors (Lipinski definition) is 6. The van der Waals surface area contributed by atoms with E-state index >= 15 is 0 Å². The Bertz CT molecular complexity index is 721. The van der Waals surface area contributed by atoms with Crippen molar-refractivity contribution in [3.05, 3.63) is 36.2 Å². The largest absolute Gasteiger partial charge is 0.423 e. The number of aromatic nitrogens is 4. The molecule has 0 aliphatic carbocycles. The second-order valence-electron chi connectivity index (χ2n) is 5.38. The molecule has 3 aromatic rings. The van der Waals surface area contributed by atoms with Gasteiger partial charge in [-0.25, -0.2) is 0 Å². The van der Waals surface area contributed by atoms with E-state index in [0.717, 1.165) is 24.1 Å². The molecule has 7 heteroatoms. The molecule has 1 saturated heterocycles. The molecule has 0 radical (unpaired) electrons. The normalized spacial score (nSPS) is 22.8. The number of oxazole rings is 1. The fraction of sp³-hybridized carbons (Fsp3) is 0.357. The molecule has 1 fully saturated rings. The SMILES string of the molecule is OC1(c2cn[nH]n2)CCCN(c2nc3ccccc3o2)C1. The minimum Gasteiger partial charge on any atom is -0.423 e. The van der Waals surface area contributed by atoms with E-state index in [1.807, 2.05) is 29.2 Å². The number of hydrogen-bond donors (Lipinski definition) is 2. The summed E-state index contributed by atoms with van der Waals surface area (Å²) in [5.41, 5.74) is 1.11. The first kappa shape index (κ1) is 12.3. The van der Waals surface area contributed by atoms with E-state index in [1.54, 1.807) is 6.20 Å². The highest BCUT2D eigenvalue weighted by molar-refractivity contribution is 5.74. The number of anilines is 1. The van der Waals surface area contributed by atoms with Crippen LogP contribution in [0.25, 0.3) is 11.1 Å². The van der Waals surface area contributed by atoms with Crippen LogP contribution in [-0.2, 0) is 5.60 Å². The Kier molecular flexibility index (Phi) is 2.68. The van der Waals surface area contributed by atoms with Crippen molar-refractivity contribution in [3.8, 4) is 0 Å². The van der Waals surface area contributed by atoms with Crippen molar-refractivity contribution in [2.45, 2.75) is 18.4 Å². The number of aliphatic hydroxyl groups is 1. The summed E-state index contributed by atoms with van der Waals surface area (Å²) < 4.78 is 5.78. The number of H-pyrrole nitrogens is 1. The summed E-state index contributed by atoms with van der Waals surface area (Å²) in [6, 6.07) is 8.18. The summed E-state index contributed by atoms with van der Waals surface area (Å²) in [6.45, 7) is 1.19. The molecule has 0 spiro atoms. The van der Waals surface area contributed by atoms with E-state index in [9.17, 15) is 5.11 Å². The number of nitrogens with zero attached hydrogens (tertiary/aromatic N) is 4. The van der Waals surface area contributed by atoms with Gasteiger partial charge in [0.05, 0.1) is 12.7 Å². The van der Waals surface area contributed by atoms with Crippen LogP contribution in [0, 0.1) is 0 Å². The number of nitrogens with one attached hydrogen (secondary N) is 1. The Morgan fingerprint density at radius 3 is 3.05 bits per heavy atom. The number of rotatable bonds is 2. The lowest BCUT2D eigenvalue weighted by molar-refractivity contribution is 0.0164. The van der Waals surface area contributed by atoms with Crippen LogP contribution in [0.15, 0.2) is 34.9 Å². The lowest BCUT2D eigenvalue weighted by Crippen LogP contribution is -2.46.